The van der Waals surface area contributed by atoms with Gasteiger partial charge in [-0.2, -0.15) is 0 Å². The van der Waals surface area contributed by atoms with E-state index in [1.54, 1.807) is 18.2 Å². The fourth-order valence-corrected chi connectivity index (χ4v) is 3.36. The van der Waals surface area contributed by atoms with Crippen LogP contribution in [-0.2, 0) is 4.79 Å². The Hall–Kier alpha value is -3.19. The molecule has 0 aliphatic carbocycles. The summed E-state index contributed by atoms with van der Waals surface area (Å²) in [4.78, 5) is 27.1. The monoisotopic (exact) mass is 394 g/mol. The molecule has 2 aromatic carbocycles. The van der Waals surface area contributed by atoms with Gasteiger partial charge in [-0.25, -0.2) is 0 Å². The third kappa shape index (κ3) is 6.15. The largest absolute Gasteiger partial charge is 0.369 e. The van der Waals surface area contributed by atoms with Crippen molar-refractivity contribution in [2.45, 2.75) is 6.92 Å². The van der Waals surface area contributed by atoms with Crippen LogP contribution in [0.2, 0.25) is 0 Å². The van der Waals surface area contributed by atoms with Gasteiger partial charge in [0.1, 0.15) is 0 Å². The average molecular weight is 394 g/mol. The fourth-order valence-electron chi connectivity index (χ4n) is 3.36. The zero-order valence-electron chi connectivity index (χ0n) is 16.6. The number of benzene rings is 2. The van der Waals surface area contributed by atoms with Crippen molar-refractivity contribution in [3.63, 3.8) is 0 Å². The molecule has 0 radical (unpaired) electrons. The van der Waals surface area contributed by atoms with E-state index in [0.29, 0.717) is 12.1 Å². The first kappa shape index (κ1) is 20.5. The summed E-state index contributed by atoms with van der Waals surface area (Å²) in [6, 6.07) is 14.8. The molecule has 1 heterocycles. The van der Waals surface area contributed by atoms with E-state index in [9.17, 15) is 14.9 Å². The van der Waals surface area contributed by atoms with Gasteiger partial charge in [-0.15, -0.1) is 0 Å². The second-order valence-electron chi connectivity index (χ2n) is 7.14. The van der Waals surface area contributed by atoms with E-state index in [-0.39, 0.29) is 11.6 Å². The molecule has 0 atom stereocenters. The standard InChI is InChI=1S/C22H26N4O3/c1-18-4-2-6-20(16-18)25-14-12-24(13-15-25)11-10-23-22(27)9-8-19-5-3-7-21(17-19)26(28)29/h2-9,16-17H,10-15H2,1H3,(H,23,27)/b9-8+. The molecule has 0 spiro atoms. The maximum atomic E-state index is 12.0. The van der Waals surface area contributed by atoms with Gasteiger partial charge in [0.05, 0.1) is 4.92 Å². The van der Waals surface area contributed by atoms with Crippen LogP contribution in [0.1, 0.15) is 11.1 Å². The third-order valence-electron chi connectivity index (χ3n) is 4.97. The number of anilines is 1. The number of nitrogens with zero attached hydrogens (tertiary/aromatic N) is 3. The molecule has 1 saturated heterocycles. The first-order valence-electron chi connectivity index (χ1n) is 9.75. The molecule has 3 rings (SSSR count). The normalized spacial score (nSPS) is 14.9. The molecule has 1 amide bonds. The molecule has 29 heavy (non-hydrogen) atoms. The van der Waals surface area contributed by atoms with Crippen molar-refractivity contribution in [3.8, 4) is 0 Å². The van der Waals surface area contributed by atoms with Crippen molar-refractivity contribution in [3.05, 3.63) is 75.8 Å². The van der Waals surface area contributed by atoms with E-state index < -0.39 is 4.92 Å². The van der Waals surface area contributed by atoms with Crippen molar-refractivity contribution in [1.29, 1.82) is 0 Å². The zero-order chi connectivity index (χ0) is 20.6. The highest BCUT2D eigenvalue weighted by Crippen LogP contribution is 2.17. The Kier molecular flexibility index (Phi) is 6.97. The minimum Gasteiger partial charge on any atom is -0.369 e. The quantitative estimate of drug-likeness (QED) is 0.444. The minimum atomic E-state index is -0.448. The Morgan fingerprint density at radius 1 is 1.14 bits per heavy atom. The summed E-state index contributed by atoms with van der Waals surface area (Å²) in [5.41, 5.74) is 3.18. The van der Waals surface area contributed by atoms with Gasteiger partial charge in [0.25, 0.3) is 5.69 Å². The van der Waals surface area contributed by atoms with Crippen LogP contribution >= 0.6 is 0 Å². The number of amides is 1. The van der Waals surface area contributed by atoms with Crippen molar-refractivity contribution >= 4 is 23.4 Å². The first-order chi connectivity index (χ1) is 14.0. The van der Waals surface area contributed by atoms with Gasteiger partial charge in [0.15, 0.2) is 0 Å². The summed E-state index contributed by atoms with van der Waals surface area (Å²) in [5.74, 6) is -0.199. The van der Waals surface area contributed by atoms with E-state index in [4.69, 9.17) is 0 Å². The Labute approximate surface area is 170 Å². The van der Waals surface area contributed by atoms with Gasteiger partial charge in [-0.1, -0.05) is 24.3 Å². The van der Waals surface area contributed by atoms with Crippen LogP contribution in [0.5, 0.6) is 0 Å². The molecule has 152 valence electrons. The summed E-state index contributed by atoms with van der Waals surface area (Å²) in [6.45, 7) is 7.37. The second kappa shape index (κ2) is 9.84. The summed E-state index contributed by atoms with van der Waals surface area (Å²) in [6.07, 6.45) is 3.00. The number of non-ortho nitro benzene ring substituents is 1. The number of carbonyl (C=O) groups is 1. The maximum Gasteiger partial charge on any atom is 0.270 e. The van der Waals surface area contributed by atoms with Gasteiger partial charge in [0, 0.05) is 63.2 Å². The molecule has 2 aromatic rings. The van der Waals surface area contributed by atoms with Crippen LogP contribution in [0.3, 0.4) is 0 Å². The molecule has 7 heteroatoms. The van der Waals surface area contributed by atoms with E-state index >= 15 is 0 Å². The fraction of sp³-hybridized carbons (Fsp3) is 0.318. The van der Waals surface area contributed by atoms with Crippen LogP contribution in [-0.4, -0.2) is 55.0 Å². The predicted octanol–water partition coefficient (Wildman–Crippen LogP) is 2.85. The summed E-state index contributed by atoms with van der Waals surface area (Å²) < 4.78 is 0. The maximum absolute atomic E-state index is 12.0. The third-order valence-corrected chi connectivity index (χ3v) is 4.97. The first-order valence-corrected chi connectivity index (χ1v) is 9.75. The van der Waals surface area contributed by atoms with Crippen molar-refractivity contribution in [2.24, 2.45) is 0 Å². The lowest BCUT2D eigenvalue weighted by Gasteiger charge is -2.36. The number of nitro benzene ring substituents is 1. The molecule has 0 aromatic heterocycles. The number of hydrogen-bond acceptors (Lipinski definition) is 5. The summed E-state index contributed by atoms with van der Waals surface area (Å²) in [5, 5.41) is 13.7. The molecule has 1 aliphatic rings. The lowest BCUT2D eigenvalue weighted by Crippen LogP contribution is -2.48. The second-order valence-corrected chi connectivity index (χ2v) is 7.14. The Bertz CT molecular complexity index is 889. The van der Waals surface area contributed by atoms with E-state index in [2.05, 4.69) is 46.3 Å². The Morgan fingerprint density at radius 3 is 2.62 bits per heavy atom. The van der Waals surface area contributed by atoms with Crippen molar-refractivity contribution in [1.82, 2.24) is 10.2 Å². The van der Waals surface area contributed by atoms with Crippen LogP contribution in [0.25, 0.3) is 6.08 Å². The Balaban J connectivity index is 1.39. The molecule has 1 aliphatic heterocycles. The van der Waals surface area contributed by atoms with Crippen LogP contribution in [0, 0.1) is 17.0 Å². The number of rotatable bonds is 7. The highest BCUT2D eigenvalue weighted by atomic mass is 16.6. The molecule has 0 unspecified atom stereocenters. The number of carbonyl (C=O) groups excluding carboxylic acids is 1. The summed E-state index contributed by atoms with van der Waals surface area (Å²) >= 11 is 0. The Morgan fingerprint density at radius 2 is 1.90 bits per heavy atom. The zero-order valence-corrected chi connectivity index (χ0v) is 16.6. The van der Waals surface area contributed by atoms with Gasteiger partial charge in [-0.3, -0.25) is 19.8 Å². The van der Waals surface area contributed by atoms with Gasteiger partial charge in [-0.05, 0) is 36.3 Å². The van der Waals surface area contributed by atoms with E-state index in [1.807, 2.05) is 0 Å². The van der Waals surface area contributed by atoms with E-state index in [0.717, 1.165) is 32.7 Å². The SMILES string of the molecule is Cc1cccc(N2CCN(CCNC(=O)/C=C/c3cccc([N+](=O)[O-])c3)CC2)c1. The molecule has 1 fully saturated rings. The predicted molar refractivity (Wildman–Crippen MR) is 115 cm³/mol. The van der Waals surface area contributed by atoms with Gasteiger partial charge < -0.3 is 10.2 Å². The molecular weight excluding hydrogens is 368 g/mol. The number of hydrogen-bond donors (Lipinski definition) is 1. The summed E-state index contributed by atoms with van der Waals surface area (Å²) in [7, 11) is 0. The minimum absolute atomic E-state index is 0.0114. The highest BCUT2D eigenvalue weighted by Gasteiger charge is 2.16. The van der Waals surface area contributed by atoms with Crippen LogP contribution in [0.4, 0.5) is 11.4 Å². The van der Waals surface area contributed by atoms with E-state index in [1.165, 1.54) is 29.5 Å². The molecule has 0 saturated carbocycles. The molecular formula is C22H26N4O3. The van der Waals surface area contributed by atoms with Crippen molar-refractivity contribution < 1.29 is 9.72 Å². The number of nitrogens with one attached hydrogen (secondary N) is 1. The number of nitro groups is 1. The van der Waals surface area contributed by atoms with Crippen LogP contribution in [0.15, 0.2) is 54.6 Å². The molecule has 1 N–H and O–H groups in total. The molecule has 0 bridgehead atoms. The van der Waals surface area contributed by atoms with Gasteiger partial charge in [0.2, 0.25) is 5.91 Å². The van der Waals surface area contributed by atoms with Crippen LogP contribution < -0.4 is 10.2 Å². The van der Waals surface area contributed by atoms with Crippen molar-refractivity contribution in [2.75, 3.05) is 44.2 Å². The lowest BCUT2D eigenvalue weighted by molar-refractivity contribution is -0.384. The number of aryl methyl sites for hydroxylation is 1. The average Bonchev–Trinajstić information content (AvgIpc) is 2.73. The molecule has 7 nitrogen and oxygen atoms in total. The lowest BCUT2D eigenvalue weighted by atomic mass is 10.2. The topological polar surface area (TPSA) is 78.7 Å². The smallest absolute Gasteiger partial charge is 0.270 e. The number of piperazine rings is 1. The highest BCUT2D eigenvalue weighted by molar-refractivity contribution is 5.91. The van der Waals surface area contributed by atoms with Gasteiger partial charge >= 0.3 is 0 Å².